The molecule has 0 saturated heterocycles. The van der Waals surface area contributed by atoms with Crippen LogP contribution in [-0.4, -0.2) is 46.0 Å². The average Bonchev–Trinajstić information content (AvgIpc) is 3.34. The molecule has 2 aromatic carbocycles. The molecule has 9 nitrogen and oxygen atoms in total. The first-order valence-corrected chi connectivity index (χ1v) is 17.2. The molecule has 0 saturated carbocycles. The topological polar surface area (TPSA) is 120 Å². The standard InChI is InChI=1S/C23H25Cl2N3O6S4/c1-2-26-34-38(32,33)12-4-10-28-19-14-17(25)6-8-21(19)36-23(28)15-22-27(9-3-11-37(29,30)31)18-13-16(24)5-7-20(18)35-22/h5-8,13-15,26H,2-4,9-12H2,1H3. The molecule has 0 unspecified atom stereocenters. The Balaban J connectivity index is 1.67. The number of nitrogens with one attached hydrogen (secondary N) is 1. The number of thioether (sulfide) groups is 1. The summed E-state index contributed by atoms with van der Waals surface area (Å²) in [4.78, 5) is 2.99. The number of nitrogens with zero attached hydrogens (tertiary/aromatic N) is 2. The first-order chi connectivity index (χ1) is 18.0. The minimum absolute atomic E-state index is 0.154. The van der Waals surface area contributed by atoms with Gasteiger partial charge in [-0.3, -0.25) is 0 Å². The van der Waals surface area contributed by atoms with E-state index in [-0.39, 0.29) is 12.2 Å². The summed E-state index contributed by atoms with van der Waals surface area (Å²) in [6.07, 6.45) is 2.44. The molecule has 0 amide bonds. The zero-order valence-corrected chi connectivity index (χ0v) is 25.0. The molecule has 0 aliphatic carbocycles. The van der Waals surface area contributed by atoms with Gasteiger partial charge in [-0.15, -0.1) is 0 Å². The molecule has 1 aliphatic heterocycles. The van der Waals surface area contributed by atoms with Gasteiger partial charge in [0.15, 0.2) is 6.54 Å². The van der Waals surface area contributed by atoms with Crippen LogP contribution in [0.3, 0.4) is 0 Å². The van der Waals surface area contributed by atoms with Gasteiger partial charge in [-0.25, -0.2) is 8.42 Å². The first-order valence-electron chi connectivity index (χ1n) is 11.6. The largest absolute Gasteiger partial charge is 0.748 e. The molecule has 0 fully saturated rings. The molecule has 0 radical (unpaired) electrons. The van der Waals surface area contributed by atoms with Gasteiger partial charge in [-0.05, 0) is 36.8 Å². The number of hydroxylamine groups is 1. The van der Waals surface area contributed by atoms with Gasteiger partial charge in [-0.2, -0.15) is 22.7 Å². The van der Waals surface area contributed by atoms with Crippen LogP contribution in [0, 0.1) is 0 Å². The fourth-order valence-corrected chi connectivity index (χ4v) is 7.88. The first kappa shape index (κ1) is 29.6. The van der Waals surface area contributed by atoms with Gasteiger partial charge in [-0.1, -0.05) is 53.2 Å². The van der Waals surface area contributed by atoms with Crippen LogP contribution in [0.1, 0.15) is 24.8 Å². The zero-order valence-electron chi connectivity index (χ0n) is 20.2. The maximum Gasteiger partial charge on any atom is 0.283 e. The maximum atomic E-state index is 12.2. The highest BCUT2D eigenvalue weighted by molar-refractivity contribution is 8.04. The number of fused-ring (bicyclic) bond motifs is 2. The van der Waals surface area contributed by atoms with Crippen molar-refractivity contribution in [2.75, 3.05) is 29.5 Å². The highest BCUT2D eigenvalue weighted by Gasteiger charge is 2.29. The Kier molecular flexibility index (Phi) is 9.64. The van der Waals surface area contributed by atoms with E-state index in [9.17, 15) is 21.4 Å². The molecule has 0 spiro atoms. The molecule has 1 aromatic heterocycles. The smallest absolute Gasteiger partial charge is 0.283 e. The Hall–Kier alpha value is -1.42. The number of thiazole rings is 1. The number of rotatable bonds is 12. The second kappa shape index (κ2) is 12.4. The minimum atomic E-state index is -4.34. The van der Waals surface area contributed by atoms with E-state index in [0.29, 0.717) is 36.1 Å². The third-order valence-electron chi connectivity index (χ3n) is 5.51. The Bertz CT molecular complexity index is 1580. The van der Waals surface area contributed by atoms with Crippen LogP contribution in [0.25, 0.3) is 16.3 Å². The number of anilines is 1. The average molecular weight is 639 g/mol. The van der Waals surface area contributed by atoms with Crippen LogP contribution < -0.4 is 14.9 Å². The van der Waals surface area contributed by atoms with Crippen LogP contribution in [0.2, 0.25) is 10.0 Å². The molecule has 0 atom stereocenters. The molecule has 1 N–H and O–H groups in total. The van der Waals surface area contributed by atoms with Crippen LogP contribution in [-0.2, 0) is 31.1 Å². The lowest BCUT2D eigenvalue weighted by Gasteiger charge is -2.20. The summed E-state index contributed by atoms with van der Waals surface area (Å²) in [5.41, 5.74) is 4.08. The van der Waals surface area contributed by atoms with Crippen LogP contribution in [0.4, 0.5) is 5.69 Å². The molecule has 3 aromatic rings. The van der Waals surface area contributed by atoms with E-state index in [0.717, 1.165) is 30.8 Å². The molecular weight excluding hydrogens is 613 g/mol. The summed E-state index contributed by atoms with van der Waals surface area (Å²) >= 11 is 15.6. The third kappa shape index (κ3) is 7.61. The Morgan fingerprint density at radius 1 is 1.08 bits per heavy atom. The molecule has 206 valence electrons. The predicted molar refractivity (Wildman–Crippen MR) is 152 cm³/mol. The number of hydrogen-bond acceptors (Lipinski definition) is 10. The highest BCUT2D eigenvalue weighted by atomic mass is 35.5. The fourth-order valence-electron chi connectivity index (χ4n) is 3.92. The van der Waals surface area contributed by atoms with Crippen molar-refractivity contribution in [3.05, 3.63) is 56.5 Å². The molecular formula is C23H25Cl2N3O6S4. The van der Waals surface area contributed by atoms with Crippen molar-refractivity contribution in [3.8, 4) is 0 Å². The van der Waals surface area contributed by atoms with Crippen molar-refractivity contribution in [3.63, 3.8) is 0 Å². The molecule has 38 heavy (non-hydrogen) atoms. The van der Waals surface area contributed by atoms with Gasteiger partial charge >= 0.3 is 0 Å². The van der Waals surface area contributed by atoms with Gasteiger partial charge in [0.1, 0.15) is 4.70 Å². The van der Waals surface area contributed by atoms with Gasteiger partial charge in [0, 0.05) is 46.3 Å². The Labute approximate surface area is 240 Å². The quantitative estimate of drug-likeness (QED) is 0.172. The molecule has 15 heteroatoms. The maximum absolute atomic E-state index is 12.2. The summed E-state index contributed by atoms with van der Waals surface area (Å²) in [7, 11) is -8.07. The fraction of sp³-hybridized carbons (Fsp3) is 0.348. The Morgan fingerprint density at radius 2 is 1.82 bits per heavy atom. The van der Waals surface area contributed by atoms with Gasteiger partial charge in [0.2, 0.25) is 5.52 Å². The summed E-state index contributed by atoms with van der Waals surface area (Å²) in [6.45, 7) is 2.81. The van der Waals surface area contributed by atoms with Crippen molar-refractivity contribution < 1.29 is 30.2 Å². The Morgan fingerprint density at radius 3 is 2.55 bits per heavy atom. The number of hydrogen-bond donors (Lipinski definition) is 1. The predicted octanol–water partition coefficient (Wildman–Crippen LogP) is 4.60. The third-order valence-corrected chi connectivity index (χ3v) is 10.2. The normalized spacial score (nSPS) is 15.1. The van der Waals surface area contributed by atoms with E-state index < -0.39 is 26.0 Å². The van der Waals surface area contributed by atoms with Gasteiger partial charge in [0.25, 0.3) is 15.1 Å². The minimum Gasteiger partial charge on any atom is -0.748 e. The summed E-state index contributed by atoms with van der Waals surface area (Å²) in [5.74, 6) is -0.641. The summed E-state index contributed by atoms with van der Waals surface area (Å²) in [6, 6.07) is 11.0. The van der Waals surface area contributed by atoms with Crippen LogP contribution >= 0.6 is 46.3 Å². The molecule has 1 aliphatic rings. The van der Waals surface area contributed by atoms with E-state index in [1.807, 2.05) is 39.8 Å². The lowest BCUT2D eigenvalue weighted by atomic mass is 10.2. The van der Waals surface area contributed by atoms with Gasteiger partial charge < -0.3 is 9.45 Å². The zero-order chi connectivity index (χ0) is 27.5. The van der Waals surface area contributed by atoms with Crippen molar-refractivity contribution in [1.82, 2.24) is 5.48 Å². The lowest BCUT2D eigenvalue weighted by molar-refractivity contribution is -0.668. The summed E-state index contributed by atoms with van der Waals surface area (Å²) in [5, 5.41) is 2.79. The van der Waals surface area contributed by atoms with E-state index in [1.54, 1.807) is 19.1 Å². The highest BCUT2D eigenvalue weighted by Crippen LogP contribution is 2.48. The number of halogens is 2. The van der Waals surface area contributed by atoms with E-state index in [2.05, 4.69) is 5.48 Å². The SMILES string of the molecule is CCNOS(=O)(=O)CCCN1/C(=C/c2sc3ccc(Cl)cc3[n+]2CCCS(=O)(=O)[O-])Sc2ccc(Cl)cc21. The van der Waals surface area contributed by atoms with Crippen molar-refractivity contribution in [2.45, 2.75) is 31.2 Å². The van der Waals surface area contributed by atoms with Crippen molar-refractivity contribution in [2.24, 2.45) is 0 Å². The van der Waals surface area contributed by atoms with Gasteiger partial charge in [0.05, 0.1) is 32.7 Å². The van der Waals surface area contributed by atoms with E-state index in [4.69, 9.17) is 27.5 Å². The molecule has 0 bridgehead atoms. The van der Waals surface area contributed by atoms with Crippen LogP contribution in [0.5, 0.6) is 0 Å². The number of aryl methyl sites for hydroxylation is 1. The monoisotopic (exact) mass is 637 g/mol. The van der Waals surface area contributed by atoms with E-state index >= 15 is 0 Å². The van der Waals surface area contributed by atoms with Crippen molar-refractivity contribution >= 4 is 88.5 Å². The molecule has 2 heterocycles. The second-order valence-corrected chi connectivity index (χ2v) is 14.6. The number of benzene rings is 2. The summed E-state index contributed by atoms with van der Waals surface area (Å²) < 4.78 is 65.6. The lowest BCUT2D eigenvalue weighted by Crippen LogP contribution is -2.36. The van der Waals surface area contributed by atoms with Crippen molar-refractivity contribution in [1.29, 1.82) is 0 Å². The molecule has 4 rings (SSSR count). The van der Waals surface area contributed by atoms with Crippen LogP contribution in [0.15, 0.2) is 46.3 Å². The second-order valence-electron chi connectivity index (χ2n) is 8.36. The van der Waals surface area contributed by atoms with E-state index in [1.165, 1.54) is 23.1 Å². The number of aromatic nitrogens is 1.